The first-order valence-corrected chi connectivity index (χ1v) is 10.8. The minimum atomic E-state index is -0.518. The van der Waals surface area contributed by atoms with Gasteiger partial charge < -0.3 is 25.2 Å². The topological polar surface area (TPSA) is 109 Å². The summed E-state index contributed by atoms with van der Waals surface area (Å²) in [7, 11) is 1.72. The van der Waals surface area contributed by atoms with Crippen LogP contribution in [0.5, 0.6) is 5.75 Å². The number of rotatable bonds is 7. The van der Waals surface area contributed by atoms with Crippen molar-refractivity contribution in [1.82, 2.24) is 15.8 Å². The van der Waals surface area contributed by atoms with E-state index in [0.29, 0.717) is 42.4 Å². The van der Waals surface area contributed by atoms with Gasteiger partial charge in [0.25, 0.3) is 0 Å². The van der Waals surface area contributed by atoms with Crippen LogP contribution in [0, 0.1) is 0 Å². The van der Waals surface area contributed by atoms with Crippen LogP contribution in [0.15, 0.2) is 66.2 Å². The van der Waals surface area contributed by atoms with Crippen molar-refractivity contribution in [1.29, 1.82) is 0 Å². The van der Waals surface area contributed by atoms with Gasteiger partial charge in [0.1, 0.15) is 11.4 Å². The number of carbonyl (C=O) groups excluding carboxylic acids is 1. The Labute approximate surface area is 194 Å². The molecule has 2 aromatic rings. The molecule has 0 aromatic heterocycles. The maximum atomic E-state index is 12.1. The molecule has 1 heterocycles. The van der Waals surface area contributed by atoms with Crippen LogP contribution in [0.25, 0.3) is 5.70 Å². The lowest BCUT2D eigenvalue weighted by molar-refractivity contribution is 0.0285. The van der Waals surface area contributed by atoms with E-state index in [4.69, 9.17) is 15.2 Å². The summed E-state index contributed by atoms with van der Waals surface area (Å²) < 4.78 is 11.3. The molecule has 0 saturated carbocycles. The third kappa shape index (κ3) is 6.83. The average Bonchev–Trinajstić information content (AvgIpc) is 2.75. The molecule has 0 radical (unpaired) electrons. The molecule has 0 unspecified atom stereocenters. The van der Waals surface area contributed by atoms with Crippen molar-refractivity contribution in [3.8, 4) is 5.75 Å². The van der Waals surface area contributed by atoms with E-state index >= 15 is 0 Å². The number of ether oxygens (including phenoxy) is 2. The van der Waals surface area contributed by atoms with Crippen LogP contribution in [0.3, 0.4) is 0 Å². The summed E-state index contributed by atoms with van der Waals surface area (Å²) in [5.41, 5.74) is 14.7. The number of amides is 1. The predicted octanol–water partition coefficient (Wildman–Crippen LogP) is 3.59. The van der Waals surface area contributed by atoms with Gasteiger partial charge in [-0.15, -0.1) is 0 Å². The van der Waals surface area contributed by atoms with E-state index in [2.05, 4.69) is 10.9 Å². The van der Waals surface area contributed by atoms with E-state index in [1.165, 1.54) is 0 Å². The number of allylic oxidation sites excluding steroid dienone is 1. The van der Waals surface area contributed by atoms with Crippen molar-refractivity contribution in [2.45, 2.75) is 39.3 Å². The maximum absolute atomic E-state index is 12.1. The van der Waals surface area contributed by atoms with Gasteiger partial charge in [0.05, 0.1) is 12.3 Å². The van der Waals surface area contributed by atoms with Crippen molar-refractivity contribution in [2.24, 2.45) is 5.73 Å². The summed E-state index contributed by atoms with van der Waals surface area (Å²) in [6, 6.07) is 15.0. The molecule has 1 amide bonds. The van der Waals surface area contributed by atoms with E-state index in [1.807, 2.05) is 51.1 Å². The zero-order chi connectivity index (χ0) is 24.0. The number of nitrogens with two attached hydrogens (primary N) is 1. The molecule has 0 spiro atoms. The van der Waals surface area contributed by atoms with E-state index in [-0.39, 0.29) is 11.8 Å². The second-order valence-corrected chi connectivity index (χ2v) is 8.85. The number of aromatic hydroxyl groups is 1. The van der Waals surface area contributed by atoms with E-state index < -0.39 is 5.60 Å². The molecule has 1 aliphatic heterocycles. The van der Waals surface area contributed by atoms with Crippen LogP contribution in [-0.4, -0.2) is 35.4 Å². The molecule has 176 valence electrons. The third-order valence-corrected chi connectivity index (χ3v) is 4.86. The van der Waals surface area contributed by atoms with Gasteiger partial charge in [-0.2, -0.15) is 0 Å². The standard InChI is InChI=1S/C25H32N4O4/c1-25(2,3)33-24(31)29(4)16-18-11-9-17(10-12-18)13-14-32-22-15-20(27-28-23(22)26)19-7-5-6-8-21(19)30/h5-12,15,27-28,30H,13-14,16,26H2,1-4H3. The van der Waals surface area contributed by atoms with Crippen LogP contribution >= 0.6 is 0 Å². The number of hydrogen-bond donors (Lipinski definition) is 4. The number of phenolic OH excluding ortho intramolecular Hbond substituents is 1. The number of hydrazine groups is 1. The molecule has 0 aliphatic carbocycles. The highest BCUT2D eigenvalue weighted by molar-refractivity contribution is 5.71. The number of benzene rings is 2. The molecule has 1 aliphatic rings. The first kappa shape index (κ1) is 23.8. The number of nitrogens with one attached hydrogen (secondary N) is 2. The van der Waals surface area contributed by atoms with Crippen molar-refractivity contribution in [3.63, 3.8) is 0 Å². The molecule has 8 nitrogen and oxygen atoms in total. The van der Waals surface area contributed by atoms with Crippen molar-refractivity contribution in [3.05, 3.63) is 82.9 Å². The van der Waals surface area contributed by atoms with Crippen LogP contribution in [-0.2, 0) is 22.4 Å². The van der Waals surface area contributed by atoms with Crippen molar-refractivity contribution >= 4 is 11.8 Å². The molecule has 0 atom stereocenters. The third-order valence-electron chi connectivity index (χ3n) is 4.86. The Kier molecular flexibility index (Phi) is 7.37. The van der Waals surface area contributed by atoms with Gasteiger partial charge in [0.15, 0.2) is 11.6 Å². The monoisotopic (exact) mass is 452 g/mol. The predicted molar refractivity (Wildman–Crippen MR) is 127 cm³/mol. The zero-order valence-corrected chi connectivity index (χ0v) is 19.5. The second kappa shape index (κ2) is 10.2. The van der Waals surface area contributed by atoms with Gasteiger partial charge in [-0.05, 0) is 44.0 Å². The summed E-state index contributed by atoms with van der Waals surface area (Å²) in [6.07, 6.45) is 2.10. The Morgan fingerprint density at radius 2 is 1.73 bits per heavy atom. The van der Waals surface area contributed by atoms with E-state index in [9.17, 15) is 9.90 Å². The summed E-state index contributed by atoms with van der Waals surface area (Å²) in [6.45, 7) is 6.44. The molecule has 0 fully saturated rings. The fraction of sp³-hybridized carbons (Fsp3) is 0.320. The van der Waals surface area contributed by atoms with Crippen LogP contribution < -0.4 is 16.6 Å². The fourth-order valence-electron chi connectivity index (χ4n) is 3.18. The molecular formula is C25H32N4O4. The summed E-state index contributed by atoms with van der Waals surface area (Å²) >= 11 is 0. The van der Waals surface area contributed by atoms with Crippen molar-refractivity contribution in [2.75, 3.05) is 13.7 Å². The molecule has 0 saturated heterocycles. The zero-order valence-electron chi connectivity index (χ0n) is 19.5. The maximum Gasteiger partial charge on any atom is 0.410 e. The molecule has 8 heteroatoms. The summed E-state index contributed by atoms with van der Waals surface area (Å²) in [5, 5.41) is 10.1. The number of hydrogen-bond acceptors (Lipinski definition) is 7. The molecule has 33 heavy (non-hydrogen) atoms. The largest absolute Gasteiger partial charge is 0.507 e. The molecule has 3 rings (SSSR count). The fourth-order valence-corrected chi connectivity index (χ4v) is 3.18. The van der Waals surface area contributed by atoms with Gasteiger partial charge >= 0.3 is 6.09 Å². The number of para-hydroxylation sites is 1. The van der Waals surface area contributed by atoms with Crippen LogP contribution in [0.4, 0.5) is 4.79 Å². The van der Waals surface area contributed by atoms with Gasteiger partial charge in [-0.3, -0.25) is 10.9 Å². The van der Waals surface area contributed by atoms with E-state index in [1.54, 1.807) is 36.2 Å². The lowest BCUT2D eigenvalue weighted by Gasteiger charge is -2.24. The van der Waals surface area contributed by atoms with E-state index in [0.717, 1.165) is 11.1 Å². The smallest absolute Gasteiger partial charge is 0.410 e. The SMILES string of the molecule is CN(Cc1ccc(CCOC2=C(N)NNC(c3ccccc3O)=C2)cc1)C(=O)OC(C)(C)C. The van der Waals surface area contributed by atoms with Gasteiger partial charge in [0, 0.05) is 31.7 Å². The quantitative estimate of drug-likeness (QED) is 0.508. The Hall–Kier alpha value is -3.81. The first-order chi connectivity index (χ1) is 15.6. The Morgan fingerprint density at radius 1 is 1.06 bits per heavy atom. The Balaban J connectivity index is 1.53. The minimum absolute atomic E-state index is 0.162. The molecule has 5 N–H and O–H groups in total. The molecule has 0 bridgehead atoms. The van der Waals surface area contributed by atoms with Crippen LogP contribution in [0.2, 0.25) is 0 Å². The number of carbonyl (C=O) groups is 1. The van der Waals surface area contributed by atoms with Crippen molar-refractivity contribution < 1.29 is 19.4 Å². The summed E-state index contributed by atoms with van der Waals surface area (Å²) in [5.74, 6) is 1.03. The Bertz CT molecular complexity index is 1040. The molecule has 2 aromatic carbocycles. The summed E-state index contributed by atoms with van der Waals surface area (Å²) in [4.78, 5) is 13.7. The highest BCUT2D eigenvalue weighted by Crippen LogP contribution is 2.25. The lowest BCUT2D eigenvalue weighted by Crippen LogP contribution is -2.37. The van der Waals surface area contributed by atoms with Gasteiger partial charge in [0.2, 0.25) is 0 Å². The average molecular weight is 453 g/mol. The van der Waals surface area contributed by atoms with Crippen LogP contribution in [0.1, 0.15) is 37.5 Å². The van der Waals surface area contributed by atoms with Gasteiger partial charge in [-0.1, -0.05) is 36.4 Å². The number of phenols is 1. The Morgan fingerprint density at radius 3 is 2.39 bits per heavy atom. The lowest BCUT2D eigenvalue weighted by atomic mass is 10.1. The minimum Gasteiger partial charge on any atom is -0.507 e. The highest BCUT2D eigenvalue weighted by atomic mass is 16.6. The van der Waals surface area contributed by atoms with Gasteiger partial charge in [-0.25, -0.2) is 4.79 Å². The number of nitrogens with zero attached hydrogens (tertiary/aromatic N) is 1. The normalized spacial score (nSPS) is 13.5. The highest BCUT2D eigenvalue weighted by Gasteiger charge is 2.19. The molecular weight excluding hydrogens is 420 g/mol. The second-order valence-electron chi connectivity index (χ2n) is 8.85. The first-order valence-electron chi connectivity index (χ1n) is 10.8.